The van der Waals surface area contributed by atoms with E-state index in [-0.39, 0.29) is 5.92 Å². The van der Waals surface area contributed by atoms with E-state index in [9.17, 15) is 4.79 Å². The first-order valence-electron chi connectivity index (χ1n) is 7.38. The van der Waals surface area contributed by atoms with Gasteiger partial charge in [0.15, 0.2) is 0 Å². The molecule has 1 fully saturated rings. The molecule has 0 aliphatic heterocycles. The van der Waals surface area contributed by atoms with E-state index < -0.39 is 5.97 Å². The van der Waals surface area contributed by atoms with Gasteiger partial charge in [0, 0.05) is 0 Å². The number of rotatable bonds is 4. The normalized spacial score (nSPS) is 24.9. The first kappa shape index (κ1) is 14.1. The summed E-state index contributed by atoms with van der Waals surface area (Å²) in [7, 11) is 0. The molecule has 0 spiro atoms. The van der Waals surface area contributed by atoms with E-state index >= 15 is 0 Å². The summed E-state index contributed by atoms with van der Waals surface area (Å²) >= 11 is 0. The van der Waals surface area contributed by atoms with Crippen LogP contribution in [0.4, 0.5) is 0 Å². The lowest BCUT2D eigenvalue weighted by atomic mass is 9.79. The van der Waals surface area contributed by atoms with Crippen LogP contribution in [0.5, 0.6) is 0 Å². The minimum atomic E-state index is -0.717. The molecule has 1 atom stereocenters. The summed E-state index contributed by atoms with van der Waals surface area (Å²) in [4.78, 5) is 10.8. The first-order valence-corrected chi connectivity index (χ1v) is 7.38. The van der Waals surface area contributed by atoms with Crippen molar-refractivity contribution in [1.29, 1.82) is 0 Å². The molecule has 1 aromatic carbocycles. The van der Waals surface area contributed by atoms with Crippen LogP contribution in [0.3, 0.4) is 0 Å². The van der Waals surface area contributed by atoms with E-state index in [1.165, 1.54) is 31.2 Å². The molecule has 1 unspecified atom stereocenters. The molecule has 1 aliphatic carbocycles. The molecule has 0 heterocycles. The highest BCUT2D eigenvalue weighted by Gasteiger charge is 2.19. The zero-order chi connectivity index (χ0) is 13.8. The van der Waals surface area contributed by atoms with E-state index in [0.29, 0.717) is 12.3 Å². The lowest BCUT2D eigenvalue weighted by Crippen LogP contribution is -2.13. The van der Waals surface area contributed by atoms with Gasteiger partial charge in [-0.2, -0.15) is 0 Å². The Kier molecular flexibility index (Phi) is 4.62. The van der Waals surface area contributed by atoms with Crippen molar-refractivity contribution in [3.63, 3.8) is 0 Å². The second kappa shape index (κ2) is 6.23. The van der Waals surface area contributed by atoms with E-state index in [4.69, 9.17) is 5.11 Å². The van der Waals surface area contributed by atoms with Crippen LogP contribution < -0.4 is 0 Å². The van der Waals surface area contributed by atoms with Crippen molar-refractivity contribution in [1.82, 2.24) is 0 Å². The smallest absolute Gasteiger partial charge is 0.306 e. The lowest BCUT2D eigenvalue weighted by Gasteiger charge is -2.26. The van der Waals surface area contributed by atoms with E-state index in [1.54, 1.807) is 6.92 Å². The van der Waals surface area contributed by atoms with Crippen LogP contribution in [0.1, 0.15) is 56.6 Å². The number of hydrogen-bond donors (Lipinski definition) is 1. The van der Waals surface area contributed by atoms with Crippen molar-refractivity contribution >= 4 is 5.97 Å². The van der Waals surface area contributed by atoms with Gasteiger partial charge in [-0.1, -0.05) is 51.0 Å². The van der Waals surface area contributed by atoms with Gasteiger partial charge in [0.05, 0.1) is 5.92 Å². The fraction of sp³-hybridized carbons (Fsp3) is 0.588. The summed E-state index contributed by atoms with van der Waals surface area (Å²) in [5.41, 5.74) is 2.56. The lowest BCUT2D eigenvalue weighted by molar-refractivity contribution is -0.141. The maximum Gasteiger partial charge on any atom is 0.306 e. The van der Waals surface area contributed by atoms with Crippen LogP contribution >= 0.6 is 0 Å². The maximum absolute atomic E-state index is 10.8. The third kappa shape index (κ3) is 3.82. The van der Waals surface area contributed by atoms with Crippen LogP contribution in [-0.4, -0.2) is 11.1 Å². The van der Waals surface area contributed by atoms with Gasteiger partial charge in [-0.05, 0) is 42.2 Å². The minimum absolute atomic E-state index is 0.304. The van der Waals surface area contributed by atoms with Crippen molar-refractivity contribution in [2.45, 2.75) is 51.9 Å². The number of aliphatic carboxylic acids is 1. The molecule has 1 N–H and O–H groups in total. The van der Waals surface area contributed by atoms with Gasteiger partial charge in [-0.25, -0.2) is 0 Å². The fourth-order valence-electron chi connectivity index (χ4n) is 2.96. The fourth-order valence-corrected chi connectivity index (χ4v) is 2.96. The van der Waals surface area contributed by atoms with Crippen molar-refractivity contribution in [2.75, 3.05) is 0 Å². The number of carbonyl (C=O) groups is 1. The van der Waals surface area contributed by atoms with Crippen molar-refractivity contribution in [3.05, 3.63) is 35.4 Å². The molecule has 104 valence electrons. The zero-order valence-corrected chi connectivity index (χ0v) is 11.9. The predicted molar refractivity (Wildman–Crippen MR) is 77.3 cm³/mol. The Bertz CT molecular complexity index is 413. The van der Waals surface area contributed by atoms with E-state index in [2.05, 4.69) is 31.2 Å². The summed E-state index contributed by atoms with van der Waals surface area (Å²) in [5, 5.41) is 8.93. The Labute approximate surface area is 115 Å². The summed E-state index contributed by atoms with van der Waals surface area (Å²) in [6.45, 7) is 4.10. The van der Waals surface area contributed by atoms with Crippen molar-refractivity contribution in [3.8, 4) is 0 Å². The Balaban J connectivity index is 1.96. The summed E-state index contributed by atoms with van der Waals surface area (Å²) in [6.07, 6.45) is 5.89. The second-order valence-electron chi connectivity index (χ2n) is 6.14. The standard InChI is InChI=1S/C17H24O2/c1-12-3-7-15(8-4-12)16-9-5-14(6-10-16)11-13(2)17(18)19/h5-6,9-10,12-13,15H,3-4,7-8,11H2,1-2H3,(H,18,19). The van der Waals surface area contributed by atoms with Gasteiger partial charge in [0.25, 0.3) is 0 Å². The maximum atomic E-state index is 10.8. The third-order valence-electron chi connectivity index (χ3n) is 4.43. The average Bonchev–Trinajstić information content (AvgIpc) is 2.40. The SMILES string of the molecule is CC1CCC(c2ccc(CC(C)C(=O)O)cc2)CC1. The van der Waals surface area contributed by atoms with Crippen LogP contribution in [-0.2, 0) is 11.2 Å². The summed E-state index contributed by atoms with van der Waals surface area (Å²) in [6, 6.07) is 8.61. The molecular weight excluding hydrogens is 236 g/mol. The Hall–Kier alpha value is -1.31. The van der Waals surface area contributed by atoms with Gasteiger partial charge >= 0.3 is 5.97 Å². The minimum Gasteiger partial charge on any atom is -0.481 e. The molecule has 1 aliphatic rings. The highest BCUT2D eigenvalue weighted by molar-refractivity contribution is 5.69. The third-order valence-corrected chi connectivity index (χ3v) is 4.43. The zero-order valence-electron chi connectivity index (χ0n) is 11.9. The highest BCUT2D eigenvalue weighted by Crippen LogP contribution is 2.35. The molecule has 2 rings (SSSR count). The van der Waals surface area contributed by atoms with Crippen LogP contribution in [0.2, 0.25) is 0 Å². The first-order chi connectivity index (χ1) is 9.06. The quantitative estimate of drug-likeness (QED) is 0.879. The van der Waals surface area contributed by atoms with Crippen LogP contribution in [0.15, 0.2) is 24.3 Å². The van der Waals surface area contributed by atoms with Gasteiger partial charge in [-0.15, -0.1) is 0 Å². The van der Waals surface area contributed by atoms with Crippen LogP contribution in [0.25, 0.3) is 0 Å². The molecule has 2 nitrogen and oxygen atoms in total. The monoisotopic (exact) mass is 260 g/mol. The van der Waals surface area contributed by atoms with Gasteiger partial charge in [0.2, 0.25) is 0 Å². The molecule has 1 aromatic rings. The molecule has 0 aromatic heterocycles. The molecule has 0 amide bonds. The summed E-state index contributed by atoms with van der Waals surface area (Å²) in [5.74, 6) is 0.570. The predicted octanol–water partition coefficient (Wildman–Crippen LogP) is 4.24. The number of benzene rings is 1. The van der Waals surface area contributed by atoms with Crippen molar-refractivity contribution in [2.24, 2.45) is 11.8 Å². The van der Waals surface area contributed by atoms with E-state index in [0.717, 1.165) is 11.5 Å². The Morgan fingerprint density at radius 2 is 1.79 bits per heavy atom. The van der Waals surface area contributed by atoms with Gasteiger partial charge < -0.3 is 5.11 Å². The Morgan fingerprint density at radius 3 is 2.32 bits per heavy atom. The number of carboxylic acids is 1. The summed E-state index contributed by atoms with van der Waals surface area (Å²) < 4.78 is 0. The largest absolute Gasteiger partial charge is 0.481 e. The number of hydrogen-bond acceptors (Lipinski definition) is 1. The second-order valence-corrected chi connectivity index (χ2v) is 6.14. The van der Waals surface area contributed by atoms with Gasteiger partial charge in [0.1, 0.15) is 0 Å². The molecule has 0 bridgehead atoms. The number of carboxylic acid groups (broad SMARTS) is 1. The van der Waals surface area contributed by atoms with Crippen molar-refractivity contribution < 1.29 is 9.90 Å². The van der Waals surface area contributed by atoms with E-state index in [1.807, 2.05) is 0 Å². The molecule has 2 heteroatoms. The molecular formula is C17H24O2. The average molecular weight is 260 g/mol. The topological polar surface area (TPSA) is 37.3 Å². The molecule has 0 radical (unpaired) electrons. The van der Waals surface area contributed by atoms with Gasteiger partial charge in [-0.3, -0.25) is 4.79 Å². The molecule has 19 heavy (non-hydrogen) atoms. The highest BCUT2D eigenvalue weighted by atomic mass is 16.4. The Morgan fingerprint density at radius 1 is 1.21 bits per heavy atom. The van der Waals surface area contributed by atoms with Crippen LogP contribution in [0, 0.1) is 11.8 Å². The molecule has 1 saturated carbocycles. The molecule has 0 saturated heterocycles.